The highest BCUT2D eigenvalue weighted by molar-refractivity contribution is 6.12. The van der Waals surface area contributed by atoms with Crippen molar-refractivity contribution in [2.45, 2.75) is 162 Å². The summed E-state index contributed by atoms with van der Waals surface area (Å²) in [6.45, 7) is 15.5. The first-order valence-electron chi connectivity index (χ1n) is 24.1. The van der Waals surface area contributed by atoms with Gasteiger partial charge in [0.15, 0.2) is 5.78 Å². The lowest BCUT2D eigenvalue weighted by molar-refractivity contribution is -0.151. The smallest absolute Gasteiger partial charge is 0.326 e. The molecule has 1 saturated heterocycles. The molecule has 16 nitrogen and oxygen atoms in total. The first-order valence-corrected chi connectivity index (χ1v) is 24.1. The van der Waals surface area contributed by atoms with Crippen LogP contribution in [0.5, 0.6) is 0 Å². The predicted molar refractivity (Wildman–Crippen MR) is 254 cm³/mol. The monoisotopic (exact) mass is 938 g/mol. The van der Waals surface area contributed by atoms with Crippen molar-refractivity contribution in [3.05, 3.63) is 48.0 Å². The number of amides is 6. The number of carbonyl (C=O) groups excluding carboxylic acids is 7. The Balaban J connectivity index is 1.74. The van der Waals surface area contributed by atoms with Crippen LogP contribution in [0.15, 0.2) is 42.5 Å². The lowest BCUT2D eigenvalue weighted by Gasteiger charge is -2.41. The van der Waals surface area contributed by atoms with Crippen LogP contribution in [0.3, 0.4) is 0 Å². The molecule has 2 heterocycles. The maximum absolute atomic E-state index is 14.7. The zero-order chi connectivity index (χ0) is 50.3. The van der Waals surface area contributed by atoms with E-state index in [2.05, 4.69) is 5.32 Å². The van der Waals surface area contributed by atoms with Crippen LogP contribution in [-0.2, 0) is 54.3 Å². The fourth-order valence-corrected chi connectivity index (χ4v) is 9.92. The van der Waals surface area contributed by atoms with Crippen molar-refractivity contribution < 1.29 is 52.9 Å². The molecule has 1 aromatic rings. The molecular formula is C51H79N5O11. The van der Waals surface area contributed by atoms with E-state index in [4.69, 9.17) is 9.47 Å². The molecule has 10 atom stereocenters. The van der Waals surface area contributed by atoms with Gasteiger partial charge in [0.1, 0.15) is 6.04 Å². The second kappa shape index (κ2) is 26.5. The maximum Gasteiger partial charge on any atom is 0.326 e. The van der Waals surface area contributed by atoms with Gasteiger partial charge in [-0.1, -0.05) is 91.6 Å². The normalized spacial score (nSPS) is 19.7. The van der Waals surface area contributed by atoms with Gasteiger partial charge in [0.2, 0.25) is 23.6 Å². The molecule has 1 aromatic carbocycles. The van der Waals surface area contributed by atoms with Crippen LogP contribution in [0, 0.1) is 29.6 Å². The predicted octanol–water partition coefficient (Wildman–Crippen LogP) is 5.31. The topological polar surface area (TPSA) is 200 Å². The number of aliphatic carboxylic acids is 1. The summed E-state index contributed by atoms with van der Waals surface area (Å²) in [7, 11) is 6.32. The number of hydrogen-bond donors (Lipinski definition) is 2. The summed E-state index contributed by atoms with van der Waals surface area (Å²) in [5.74, 6) is -5.35. The van der Waals surface area contributed by atoms with E-state index in [-0.39, 0.29) is 91.3 Å². The van der Waals surface area contributed by atoms with Gasteiger partial charge in [-0.2, -0.15) is 0 Å². The molecule has 2 aliphatic heterocycles. The quantitative estimate of drug-likeness (QED) is 0.0816. The molecule has 0 unspecified atom stereocenters. The zero-order valence-corrected chi connectivity index (χ0v) is 42.1. The van der Waals surface area contributed by atoms with Gasteiger partial charge in [0.25, 0.3) is 11.8 Å². The number of Topliss-reactive ketones (excluding diaryl/α,β-unsaturated/α-hetero) is 1. The molecule has 1 fully saturated rings. The van der Waals surface area contributed by atoms with Gasteiger partial charge in [0.05, 0.1) is 42.7 Å². The number of benzene rings is 1. The highest BCUT2D eigenvalue weighted by Crippen LogP contribution is 2.34. The summed E-state index contributed by atoms with van der Waals surface area (Å²) in [6, 6.07) is 5.89. The average Bonchev–Trinajstić information content (AvgIpc) is 3.83. The minimum atomic E-state index is -1.16. The van der Waals surface area contributed by atoms with Crippen molar-refractivity contribution in [1.82, 2.24) is 24.9 Å². The van der Waals surface area contributed by atoms with Crippen LogP contribution in [0.4, 0.5) is 0 Å². The molecule has 0 aliphatic carbocycles. The summed E-state index contributed by atoms with van der Waals surface area (Å²) in [6.07, 6.45) is 4.74. The number of likely N-dealkylation sites (N-methyl/N-ethyl adjacent to an activating group) is 2. The Labute approximate surface area is 398 Å². The Morgan fingerprint density at radius 3 is 2.00 bits per heavy atom. The molecule has 0 bridgehead atoms. The number of carboxylic acid groups (broad SMARTS) is 1. The lowest BCUT2D eigenvalue weighted by atomic mass is 9.83. The van der Waals surface area contributed by atoms with Gasteiger partial charge < -0.3 is 34.6 Å². The summed E-state index contributed by atoms with van der Waals surface area (Å²) in [4.78, 5) is 112. The van der Waals surface area contributed by atoms with Gasteiger partial charge in [-0.3, -0.25) is 38.5 Å². The highest BCUT2D eigenvalue weighted by atomic mass is 16.5. The Hall–Kier alpha value is -4.96. The van der Waals surface area contributed by atoms with E-state index in [1.54, 1.807) is 43.0 Å². The van der Waals surface area contributed by atoms with Gasteiger partial charge in [-0.25, -0.2) is 4.79 Å². The summed E-state index contributed by atoms with van der Waals surface area (Å²) < 4.78 is 12.0. The van der Waals surface area contributed by atoms with Crippen molar-refractivity contribution in [2.75, 3.05) is 34.9 Å². The number of nitrogens with one attached hydrogen (secondary N) is 1. The molecule has 6 amide bonds. The molecule has 16 heteroatoms. The number of unbranched alkanes of at least 4 members (excludes halogenated alkanes) is 2. The first-order chi connectivity index (χ1) is 31.6. The minimum Gasteiger partial charge on any atom is -0.480 e. The third kappa shape index (κ3) is 15.0. The molecule has 0 saturated carbocycles. The maximum atomic E-state index is 14.7. The van der Waals surface area contributed by atoms with Crippen LogP contribution in [0.1, 0.15) is 119 Å². The van der Waals surface area contributed by atoms with E-state index in [1.807, 2.05) is 66.7 Å². The molecule has 0 aromatic heterocycles. The minimum absolute atomic E-state index is 0.0710. The van der Waals surface area contributed by atoms with Crippen LogP contribution in [0.2, 0.25) is 0 Å². The van der Waals surface area contributed by atoms with Gasteiger partial charge in [0, 0.05) is 78.2 Å². The van der Waals surface area contributed by atoms with E-state index in [9.17, 15) is 43.5 Å². The van der Waals surface area contributed by atoms with Crippen molar-refractivity contribution in [2.24, 2.45) is 29.6 Å². The molecule has 0 radical (unpaired) electrons. The van der Waals surface area contributed by atoms with E-state index < -0.39 is 60.1 Å². The van der Waals surface area contributed by atoms with Crippen LogP contribution in [-0.4, -0.2) is 149 Å². The number of likely N-dealkylation sites (tertiary alicyclic amines) is 1. The number of methoxy groups -OCH3 is 2. The van der Waals surface area contributed by atoms with Crippen LogP contribution in [0.25, 0.3) is 0 Å². The van der Waals surface area contributed by atoms with Crippen LogP contribution >= 0.6 is 0 Å². The van der Waals surface area contributed by atoms with Gasteiger partial charge >= 0.3 is 5.97 Å². The standard InChI is InChI=1S/C51H79N5O11/c1-13-33(6)47(54(10)50(63)37(31(2)3)29-40(57)46(32(4)5)53(9)42(58)22-18-15-19-27-55-43(59)25-26-44(55)60)41(66-11)30-45(61)56-34(7)23-24-39(56)48(67-12)35(8)49(62)52-38(51(64)65)28-36-20-16-14-17-21-36/h14,16-17,20-21,25-26,31-35,37-39,41,46-48H,13,15,18-19,22-24,27-30H2,1-12H3,(H,52,62)(H,64,65)/t33-,34-,35+,37-,38-,39-,41+,46-,47-,48+/m0/s1. The second-order valence-corrected chi connectivity index (χ2v) is 19.4. The second-order valence-electron chi connectivity index (χ2n) is 19.4. The van der Waals surface area contributed by atoms with Gasteiger partial charge in [-0.15, -0.1) is 0 Å². The Morgan fingerprint density at radius 2 is 1.46 bits per heavy atom. The lowest BCUT2D eigenvalue weighted by Crippen LogP contribution is -2.55. The average molecular weight is 938 g/mol. The highest BCUT2D eigenvalue weighted by Gasteiger charge is 2.46. The summed E-state index contributed by atoms with van der Waals surface area (Å²) in [5.41, 5.74) is 0.765. The Kier molecular flexibility index (Phi) is 22.3. The zero-order valence-electron chi connectivity index (χ0n) is 42.1. The summed E-state index contributed by atoms with van der Waals surface area (Å²) in [5, 5.41) is 12.7. The molecule has 374 valence electrons. The van der Waals surface area contributed by atoms with Crippen LogP contribution < -0.4 is 5.32 Å². The number of ketones is 1. The van der Waals surface area contributed by atoms with Gasteiger partial charge in [-0.05, 0) is 55.9 Å². The van der Waals surface area contributed by atoms with E-state index in [0.29, 0.717) is 38.5 Å². The van der Waals surface area contributed by atoms with E-state index >= 15 is 0 Å². The number of nitrogens with zero attached hydrogens (tertiary/aromatic N) is 4. The molecule has 2 aliphatic rings. The number of carboxylic acids is 1. The SMILES string of the molecule is CC[C@H](C)[C@@H]([C@@H](CC(=O)N1[C@@H](C)CC[C@H]1[C@H](OC)[C@@H](C)C(=O)N[C@@H](Cc1ccccc1)C(=O)O)OC)N(C)C(=O)[C@@H](CC(=O)[C@H](C(C)C)N(C)C(=O)CCCCCN1C(=O)C=CC1=O)C(C)C. The van der Waals surface area contributed by atoms with Crippen molar-refractivity contribution >= 4 is 47.2 Å². The molecule has 0 spiro atoms. The van der Waals surface area contributed by atoms with Crippen molar-refractivity contribution in [3.8, 4) is 0 Å². The molecule has 3 rings (SSSR count). The fourth-order valence-electron chi connectivity index (χ4n) is 9.92. The fraction of sp³-hybridized carbons (Fsp3) is 0.686. The molecule has 2 N–H and O–H groups in total. The Morgan fingerprint density at radius 1 is 0.836 bits per heavy atom. The van der Waals surface area contributed by atoms with E-state index in [0.717, 1.165) is 5.56 Å². The third-order valence-electron chi connectivity index (χ3n) is 14.0. The number of ether oxygens (including phenoxy) is 2. The number of carbonyl (C=O) groups is 8. The summed E-state index contributed by atoms with van der Waals surface area (Å²) >= 11 is 0. The number of hydrogen-bond acceptors (Lipinski definition) is 10. The molecular weight excluding hydrogens is 859 g/mol. The van der Waals surface area contributed by atoms with Crippen molar-refractivity contribution in [1.29, 1.82) is 0 Å². The number of imide groups is 1. The van der Waals surface area contributed by atoms with E-state index in [1.165, 1.54) is 36.2 Å². The number of rotatable bonds is 28. The van der Waals surface area contributed by atoms with Crippen molar-refractivity contribution in [3.63, 3.8) is 0 Å². The largest absolute Gasteiger partial charge is 0.480 e. The Bertz CT molecular complexity index is 1870. The third-order valence-corrected chi connectivity index (χ3v) is 14.0. The molecule has 67 heavy (non-hydrogen) atoms. The first kappa shape index (κ1) is 56.4.